The van der Waals surface area contributed by atoms with Gasteiger partial charge in [0.05, 0.1) is 0 Å². The molecule has 0 N–H and O–H groups in total. The number of hydrogen-bond donors (Lipinski definition) is 0. The second-order valence-electron chi connectivity index (χ2n) is 1.53. The van der Waals surface area contributed by atoms with Crippen LogP contribution in [0.1, 0.15) is 0 Å². The number of rotatable bonds is 2. The van der Waals surface area contributed by atoms with Gasteiger partial charge in [0.25, 0.3) is 5.88 Å². The molecule has 3 nitrogen and oxygen atoms in total. The average Bonchev–Trinajstić information content (AvgIpc) is 1.93. The topological polar surface area (TPSA) is 35.0 Å². The van der Waals surface area contributed by atoms with E-state index in [9.17, 15) is 8.78 Å². The Morgan fingerprint density at radius 2 is 2.00 bits per heavy atom. The zero-order chi connectivity index (χ0) is 8.27. The summed E-state index contributed by atoms with van der Waals surface area (Å²) in [7, 11) is 0. The van der Waals surface area contributed by atoms with E-state index in [2.05, 4.69) is 14.7 Å². The third-order valence-electron chi connectivity index (χ3n) is 0.824. The normalized spacial score (nSPS) is 10.2. The molecule has 0 bridgehead atoms. The van der Waals surface area contributed by atoms with Crippen LogP contribution >= 0.6 is 11.6 Å². The van der Waals surface area contributed by atoms with E-state index < -0.39 is 6.61 Å². The Kier molecular flexibility index (Phi) is 2.53. The van der Waals surface area contributed by atoms with Gasteiger partial charge in [0.1, 0.15) is 0 Å². The molecule has 0 amide bonds. The highest BCUT2D eigenvalue weighted by Crippen LogP contribution is 2.18. The Bertz CT molecular complexity index is 246. The molecule has 60 valence electrons. The molecule has 0 saturated carbocycles. The van der Waals surface area contributed by atoms with Crippen LogP contribution < -0.4 is 4.74 Å². The second kappa shape index (κ2) is 3.43. The molecule has 0 atom stereocenters. The van der Waals surface area contributed by atoms with Gasteiger partial charge in [0.2, 0.25) is 0 Å². The van der Waals surface area contributed by atoms with E-state index in [1.165, 1.54) is 12.4 Å². The first-order chi connectivity index (χ1) is 5.20. The maximum atomic E-state index is 11.6. The Morgan fingerprint density at radius 3 is 2.55 bits per heavy atom. The van der Waals surface area contributed by atoms with Crippen molar-refractivity contribution >= 4 is 11.6 Å². The summed E-state index contributed by atoms with van der Waals surface area (Å²) in [4.78, 5) is 6.90. The molecule has 0 radical (unpaired) electrons. The molecule has 0 unspecified atom stereocenters. The molecule has 0 saturated heterocycles. The van der Waals surface area contributed by atoms with Gasteiger partial charge in [0, 0.05) is 12.4 Å². The number of hydrogen-bond acceptors (Lipinski definition) is 3. The van der Waals surface area contributed by atoms with E-state index in [1.54, 1.807) is 0 Å². The summed E-state index contributed by atoms with van der Waals surface area (Å²) in [5.41, 5.74) is 0. The maximum absolute atomic E-state index is 11.6. The molecule has 1 aromatic rings. The molecular formula is C5H3ClF2N2O. The first kappa shape index (κ1) is 8.13. The fourth-order valence-electron chi connectivity index (χ4n) is 0.472. The van der Waals surface area contributed by atoms with Crippen LogP contribution in [0.3, 0.4) is 0 Å². The molecule has 0 aliphatic rings. The highest BCUT2D eigenvalue weighted by atomic mass is 35.5. The number of halogens is 3. The number of alkyl halides is 2. The molecule has 6 heteroatoms. The average molecular weight is 181 g/mol. The lowest BCUT2D eigenvalue weighted by Crippen LogP contribution is -2.04. The van der Waals surface area contributed by atoms with Crippen molar-refractivity contribution in [1.82, 2.24) is 9.97 Å². The van der Waals surface area contributed by atoms with Crippen molar-refractivity contribution in [2.45, 2.75) is 6.61 Å². The summed E-state index contributed by atoms with van der Waals surface area (Å²) < 4.78 is 27.0. The van der Waals surface area contributed by atoms with Gasteiger partial charge >= 0.3 is 6.61 Å². The first-order valence-electron chi connectivity index (χ1n) is 2.61. The predicted molar refractivity (Wildman–Crippen MR) is 33.7 cm³/mol. The van der Waals surface area contributed by atoms with Gasteiger partial charge in [-0.3, -0.25) is 0 Å². The summed E-state index contributed by atoms with van der Waals surface area (Å²) in [6, 6.07) is 0. The van der Waals surface area contributed by atoms with Gasteiger partial charge in [-0.1, -0.05) is 11.6 Å². The largest absolute Gasteiger partial charge is 0.414 e. The SMILES string of the molecule is FC(F)Oc1nccnc1Cl. The molecule has 1 aromatic heterocycles. The van der Waals surface area contributed by atoms with Gasteiger partial charge in [-0.25, -0.2) is 9.97 Å². The standard InChI is InChI=1S/C5H3ClF2N2O/c6-3-4(11-5(7)8)10-2-1-9-3/h1-2,5H. The van der Waals surface area contributed by atoms with Gasteiger partial charge in [0.15, 0.2) is 5.15 Å². The second-order valence-corrected chi connectivity index (χ2v) is 1.89. The minimum Gasteiger partial charge on any atom is -0.414 e. The van der Waals surface area contributed by atoms with E-state index in [1.807, 2.05) is 0 Å². The Balaban J connectivity index is 2.78. The van der Waals surface area contributed by atoms with E-state index in [0.717, 1.165) is 0 Å². The zero-order valence-electron chi connectivity index (χ0n) is 5.17. The summed E-state index contributed by atoms with van der Waals surface area (Å²) in [6.45, 7) is -2.93. The van der Waals surface area contributed by atoms with E-state index >= 15 is 0 Å². The lowest BCUT2D eigenvalue weighted by molar-refractivity contribution is -0.0530. The van der Waals surface area contributed by atoms with Crippen LogP contribution in [0.4, 0.5) is 8.78 Å². The van der Waals surface area contributed by atoms with Crippen molar-refractivity contribution in [2.75, 3.05) is 0 Å². The summed E-state index contributed by atoms with van der Waals surface area (Å²) in [5, 5.41) is -0.173. The molecule has 0 fully saturated rings. The maximum Gasteiger partial charge on any atom is 0.388 e. The quantitative estimate of drug-likeness (QED) is 0.695. The van der Waals surface area contributed by atoms with Gasteiger partial charge in [-0.15, -0.1) is 0 Å². The van der Waals surface area contributed by atoms with Crippen molar-refractivity contribution in [3.05, 3.63) is 17.5 Å². The Hall–Kier alpha value is -0.970. The minimum atomic E-state index is -2.93. The van der Waals surface area contributed by atoms with Crippen LogP contribution in [-0.4, -0.2) is 16.6 Å². The Labute approximate surface area is 66.0 Å². The summed E-state index contributed by atoms with van der Waals surface area (Å²) in [6.07, 6.45) is 2.49. The Morgan fingerprint density at radius 1 is 1.36 bits per heavy atom. The highest BCUT2D eigenvalue weighted by Gasteiger charge is 2.09. The van der Waals surface area contributed by atoms with Crippen molar-refractivity contribution < 1.29 is 13.5 Å². The van der Waals surface area contributed by atoms with E-state index in [0.29, 0.717) is 0 Å². The fraction of sp³-hybridized carbons (Fsp3) is 0.200. The van der Waals surface area contributed by atoms with Crippen LogP contribution in [0, 0.1) is 0 Å². The summed E-state index contributed by atoms with van der Waals surface area (Å²) in [5.74, 6) is -0.357. The third-order valence-corrected chi connectivity index (χ3v) is 1.08. The van der Waals surface area contributed by atoms with E-state index in [4.69, 9.17) is 11.6 Å². The van der Waals surface area contributed by atoms with Gasteiger partial charge in [-0.2, -0.15) is 8.78 Å². The smallest absolute Gasteiger partial charge is 0.388 e. The number of aromatic nitrogens is 2. The lowest BCUT2D eigenvalue weighted by Gasteiger charge is -2.02. The van der Waals surface area contributed by atoms with Crippen LogP contribution in [0.5, 0.6) is 5.88 Å². The van der Waals surface area contributed by atoms with Crippen molar-refractivity contribution in [1.29, 1.82) is 0 Å². The highest BCUT2D eigenvalue weighted by molar-refractivity contribution is 6.30. The van der Waals surface area contributed by atoms with Crippen LogP contribution in [0.25, 0.3) is 0 Å². The molecular weight excluding hydrogens is 178 g/mol. The van der Waals surface area contributed by atoms with Crippen molar-refractivity contribution in [2.24, 2.45) is 0 Å². The molecule has 11 heavy (non-hydrogen) atoms. The number of nitrogens with zero attached hydrogens (tertiary/aromatic N) is 2. The van der Waals surface area contributed by atoms with Crippen LogP contribution in [-0.2, 0) is 0 Å². The summed E-state index contributed by atoms with van der Waals surface area (Å²) >= 11 is 5.34. The van der Waals surface area contributed by atoms with Crippen LogP contribution in [0.2, 0.25) is 5.15 Å². The van der Waals surface area contributed by atoms with Crippen molar-refractivity contribution in [3.63, 3.8) is 0 Å². The monoisotopic (exact) mass is 180 g/mol. The van der Waals surface area contributed by atoms with Crippen LogP contribution in [0.15, 0.2) is 12.4 Å². The lowest BCUT2D eigenvalue weighted by atomic mass is 10.7. The molecule has 0 aliphatic carbocycles. The third kappa shape index (κ3) is 2.27. The zero-order valence-corrected chi connectivity index (χ0v) is 5.92. The molecule has 0 spiro atoms. The fourth-order valence-corrected chi connectivity index (χ4v) is 0.621. The predicted octanol–water partition coefficient (Wildman–Crippen LogP) is 1.73. The minimum absolute atomic E-state index is 0.173. The first-order valence-corrected chi connectivity index (χ1v) is 2.99. The molecule has 1 heterocycles. The number of ether oxygens (including phenoxy) is 1. The van der Waals surface area contributed by atoms with Gasteiger partial charge in [-0.05, 0) is 0 Å². The molecule has 1 rings (SSSR count). The van der Waals surface area contributed by atoms with Gasteiger partial charge < -0.3 is 4.74 Å². The molecule has 0 aliphatic heterocycles. The van der Waals surface area contributed by atoms with Crippen molar-refractivity contribution in [3.8, 4) is 5.88 Å². The van der Waals surface area contributed by atoms with E-state index in [-0.39, 0.29) is 11.0 Å². The molecule has 0 aromatic carbocycles.